The van der Waals surface area contributed by atoms with Crippen molar-refractivity contribution in [3.8, 4) is 0 Å². The van der Waals surface area contributed by atoms with Gasteiger partial charge in [-0.2, -0.15) is 0 Å². The van der Waals surface area contributed by atoms with Crippen LogP contribution in [-0.2, 0) is 9.22 Å². The number of ketones is 1. The number of hydrogen-bond acceptors (Lipinski definition) is 2. The summed E-state index contributed by atoms with van der Waals surface area (Å²) in [6.45, 7) is 10.9. The summed E-state index contributed by atoms with van der Waals surface area (Å²) in [6, 6.07) is 3.38. The highest BCUT2D eigenvalue weighted by molar-refractivity contribution is 6.73. The molecule has 0 heterocycles. The first kappa shape index (κ1) is 14.5. The van der Waals surface area contributed by atoms with Gasteiger partial charge in [0.25, 0.3) is 0 Å². The van der Waals surface area contributed by atoms with Crippen LogP contribution in [0.15, 0.2) is 11.8 Å². The van der Waals surface area contributed by atoms with Crippen molar-refractivity contribution in [3.63, 3.8) is 0 Å². The second kappa shape index (κ2) is 5.38. The Kier molecular flexibility index (Phi) is 4.59. The SMILES string of the molecule is CC[Si](CC)(CC)O/C=C1\CC(C)(C)CC1=O. The van der Waals surface area contributed by atoms with Gasteiger partial charge in [-0.05, 0) is 30.0 Å². The summed E-state index contributed by atoms with van der Waals surface area (Å²) in [4.78, 5) is 11.8. The molecule has 17 heavy (non-hydrogen) atoms. The predicted molar refractivity (Wildman–Crippen MR) is 74.4 cm³/mol. The van der Waals surface area contributed by atoms with Crippen molar-refractivity contribution >= 4 is 14.1 Å². The molecule has 0 N–H and O–H groups in total. The van der Waals surface area contributed by atoms with Crippen LogP contribution in [0.25, 0.3) is 0 Å². The molecular formula is C14H26O2Si. The van der Waals surface area contributed by atoms with Gasteiger partial charge in [-0.15, -0.1) is 0 Å². The van der Waals surface area contributed by atoms with Crippen molar-refractivity contribution in [1.82, 2.24) is 0 Å². The molecule has 0 aromatic carbocycles. The highest BCUT2D eigenvalue weighted by Gasteiger charge is 2.35. The molecule has 1 fully saturated rings. The van der Waals surface area contributed by atoms with Crippen LogP contribution < -0.4 is 0 Å². The lowest BCUT2D eigenvalue weighted by Gasteiger charge is -2.27. The van der Waals surface area contributed by atoms with Crippen LogP contribution in [0, 0.1) is 5.41 Å². The lowest BCUT2D eigenvalue weighted by atomic mass is 9.92. The summed E-state index contributed by atoms with van der Waals surface area (Å²) in [5, 5.41) is 0. The molecule has 0 spiro atoms. The zero-order chi connectivity index (χ0) is 13.1. The van der Waals surface area contributed by atoms with Crippen LogP contribution in [0.1, 0.15) is 47.5 Å². The quantitative estimate of drug-likeness (QED) is 0.416. The highest BCUT2D eigenvalue weighted by atomic mass is 28.4. The fraction of sp³-hybridized carbons (Fsp3) is 0.786. The van der Waals surface area contributed by atoms with Gasteiger partial charge in [0.1, 0.15) is 0 Å². The van der Waals surface area contributed by atoms with Crippen molar-refractivity contribution in [2.45, 2.75) is 65.6 Å². The van der Waals surface area contributed by atoms with Gasteiger partial charge in [-0.25, -0.2) is 0 Å². The van der Waals surface area contributed by atoms with E-state index in [0.29, 0.717) is 6.42 Å². The van der Waals surface area contributed by atoms with E-state index in [1.54, 1.807) is 6.26 Å². The van der Waals surface area contributed by atoms with Crippen LogP contribution in [0.3, 0.4) is 0 Å². The van der Waals surface area contributed by atoms with E-state index in [2.05, 4.69) is 34.6 Å². The lowest BCUT2D eigenvalue weighted by molar-refractivity contribution is -0.115. The number of Topliss-reactive ketones (excluding diaryl/α,β-unsaturated/α-hetero) is 1. The van der Waals surface area contributed by atoms with Crippen molar-refractivity contribution < 1.29 is 9.22 Å². The fourth-order valence-corrected chi connectivity index (χ4v) is 4.92. The Morgan fingerprint density at radius 3 is 2.06 bits per heavy atom. The zero-order valence-corrected chi connectivity index (χ0v) is 12.9. The third-order valence-corrected chi connectivity index (χ3v) is 8.53. The number of allylic oxidation sites excluding steroid dienone is 1. The Morgan fingerprint density at radius 1 is 1.18 bits per heavy atom. The molecule has 98 valence electrons. The molecule has 0 atom stereocenters. The third kappa shape index (κ3) is 3.44. The van der Waals surface area contributed by atoms with E-state index >= 15 is 0 Å². The summed E-state index contributed by atoms with van der Waals surface area (Å²) in [7, 11) is -1.59. The van der Waals surface area contributed by atoms with E-state index in [4.69, 9.17) is 4.43 Å². The minimum Gasteiger partial charge on any atom is -0.549 e. The van der Waals surface area contributed by atoms with Crippen LogP contribution >= 0.6 is 0 Å². The monoisotopic (exact) mass is 254 g/mol. The van der Waals surface area contributed by atoms with Crippen LogP contribution in [0.2, 0.25) is 18.1 Å². The normalized spacial score (nSPS) is 22.2. The molecule has 1 rings (SSSR count). The van der Waals surface area contributed by atoms with Crippen molar-refractivity contribution in [1.29, 1.82) is 0 Å². The van der Waals surface area contributed by atoms with Crippen LogP contribution in [-0.4, -0.2) is 14.1 Å². The Labute approximate surface area is 107 Å². The standard InChI is InChI=1S/C14H26O2Si/c1-6-17(7-2,8-3)16-11-12-9-14(4,5)10-13(12)15/h11H,6-10H2,1-5H3/b12-11+. The van der Waals surface area contributed by atoms with Crippen molar-refractivity contribution in [2.75, 3.05) is 0 Å². The molecule has 1 aliphatic rings. The fourth-order valence-electron chi connectivity index (χ4n) is 2.53. The van der Waals surface area contributed by atoms with Gasteiger partial charge in [0.2, 0.25) is 8.32 Å². The molecular weight excluding hydrogens is 228 g/mol. The number of carbonyl (C=O) groups is 1. The van der Waals surface area contributed by atoms with Crippen LogP contribution in [0.4, 0.5) is 0 Å². The molecule has 2 nitrogen and oxygen atoms in total. The molecule has 0 amide bonds. The summed E-state index contributed by atoms with van der Waals surface area (Å²) in [6.07, 6.45) is 3.34. The van der Waals surface area contributed by atoms with Crippen LogP contribution in [0.5, 0.6) is 0 Å². The first-order valence-corrected chi connectivity index (χ1v) is 9.31. The third-order valence-electron chi connectivity index (χ3n) is 4.05. The second-order valence-corrected chi connectivity index (χ2v) is 10.7. The van der Waals surface area contributed by atoms with E-state index in [0.717, 1.165) is 30.1 Å². The highest BCUT2D eigenvalue weighted by Crippen LogP contribution is 2.38. The van der Waals surface area contributed by atoms with E-state index in [1.807, 2.05) is 0 Å². The smallest absolute Gasteiger partial charge is 0.249 e. The van der Waals surface area contributed by atoms with E-state index in [-0.39, 0.29) is 11.2 Å². The van der Waals surface area contributed by atoms with E-state index in [9.17, 15) is 4.79 Å². The average molecular weight is 254 g/mol. The van der Waals surface area contributed by atoms with E-state index < -0.39 is 8.32 Å². The molecule has 0 unspecified atom stereocenters. The van der Waals surface area contributed by atoms with Gasteiger partial charge in [0, 0.05) is 12.0 Å². The maximum Gasteiger partial charge on any atom is 0.249 e. The molecule has 0 aliphatic heterocycles. The lowest BCUT2D eigenvalue weighted by Crippen LogP contribution is -2.33. The first-order valence-electron chi connectivity index (χ1n) is 6.78. The molecule has 1 saturated carbocycles. The number of carbonyl (C=O) groups excluding carboxylic acids is 1. The second-order valence-electron chi connectivity index (χ2n) is 5.95. The largest absolute Gasteiger partial charge is 0.549 e. The minimum atomic E-state index is -1.59. The maximum atomic E-state index is 11.8. The predicted octanol–water partition coefficient (Wildman–Crippen LogP) is 4.28. The van der Waals surface area contributed by atoms with Gasteiger partial charge < -0.3 is 4.43 Å². The molecule has 0 aromatic heterocycles. The Bertz CT molecular complexity index is 306. The minimum absolute atomic E-state index is 0.126. The topological polar surface area (TPSA) is 26.3 Å². The summed E-state index contributed by atoms with van der Waals surface area (Å²) >= 11 is 0. The number of hydrogen-bond donors (Lipinski definition) is 0. The van der Waals surface area contributed by atoms with Gasteiger partial charge in [-0.3, -0.25) is 4.79 Å². The zero-order valence-electron chi connectivity index (χ0n) is 11.9. The van der Waals surface area contributed by atoms with Gasteiger partial charge >= 0.3 is 0 Å². The molecule has 0 saturated heterocycles. The van der Waals surface area contributed by atoms with Crippen molar-refractivity contribution in [2.24, 2.45) is 5.41 Å². The average Bonchev–Trinajstić information content (AvgIpc) is 2.55. The number of rotatable bonds is 5. The summed E-state index contributed by atoms with van der Waals surface area (Å²) in [5.74, 6) is 0.279. The molecule has 0 bridgehead atoms. The van der Waals surface area contributed by atoms with Gasteiger partial charge in [0.15, 0.2) is 5.78 Å². The first-order chi connectivity index (χ1) is 7.88. The summed E-state index contributed by atoms with van der Waals surface area (Å²) in [5.41, 5.74) is 1.03. The Hall–Kier alpha value is -0.573. The molecule has 0 radical (unpaired) electrons. The molecule has 0 aromatic rings. The molecule has 1 aliphatic carbocycles. The Balaban J connectivity index is 2.74. The summed E-state index contributed by atoms with van der Waals surface area (Å²) < 4.78 is 6.08. The van der Waals surface area contributed by atoms with Crippen molar-refractivity contribution in [3.05, 3.63) is 11.8 Å². The molecule has 3 heteroatoms. The van der Waals surface area contributed by atoms with Gasteiger partial charge in [-0.1, -0.05) is 34.6 Å². The van der Waals surface area contributed by atoms with E-state index in [1.165, 1.54) is 0 Å². The Morgan fingerprint density at radius 2 is 1.71 bits per heavy atom. The maximum absolute atomic E-state index is 11.8. The van der Waals surface area contributed by atoms with Gasteiger partial charge in [0.05, 0.1) is 6.26 Å².